The molecule has 0 spiro atoms. The summed E-state index contributed by atoms with van der Waals surface area (Å²) in [5.74, 6) is -0.347. The zero-order valence-corrected chi connectivity index (χ0v) is 18.0. The summed E-state index contributed by atoms with van der Waals surface area (Å²) in [6.07, 6.45) is 0. The van der Waals surface area contributed by atoms with Gasteiger partial charge in [0, 0.05) is 11.1 Å². The molecule has 1 heterocycles. The molecule has 3 aromatic rings. The van der Waals surface area contributed by atoms with E-state index in [4.69, 9.17) is 0 Å². The minimum Gasteiger partial charge on any atom is -0.348 e. The monoisotopic (exact) mass is 420 g/mol. The number of para-hydroxylation sites is 1. The molecule has 1 N–H and O–H groups in total. The Balaban J connectivity index is 1.63. The number of nitrogens with one attached hydrogen (secondary N) is 1. The molecule has 0 saturated carbocycles. The van der Waals surface area contributed by atoms with Gasteiger partial charge in [-0.15, -0.1) is 0 Å². The zero-order chi connectivity index (χ0) is 21.5. The molecule has 1 aliphatic heterocycles. The van der Waals surface area contributed by atoms with E-state index in [9.17, 15) is 13.2 Å². The molecule has 0 aromatic heterocycles. The first-order valence-electron chi connectivity index (χ1n) is 9.86. The van der Waals surface area contributed by atoms with Crippen LogP contribution in [0.15, 0.2) is 71.6 Å². The third-order valence-corrected chi connectivity index (χ3v) is 7.29. The lowest BCUT2D eigenvalue weighted by molar-refractivity contribution is -0.120. The molecule has 4 rings (SSSR count). The smallest absolute Gasteiger partial charge is 0.265 e. The standard InChI is InChI=1S/C24H24N2O3S/c1-16-12-13-19(17(2)14-16)18(3)25-24(27)15-26-22-10-6-4-8-20(22)21-9-5-7-11-23(21)30(26,28)29/h4-14,18H,15H2,1-3H3,(H,25,27)/t18-/m0/s1. The fourth-order valence-corrected chi connectivity index (χ4v) is 5.71. The number of hydrogen-bond donors (Lipinski definition) is 1. The second-order valence-corrected chi connectivity index (χ2v) is 9.50. The maximum atomic E-state index is 13.3. The molecule has 6 heteroatoms. The lowest BCUT2D eigenvalue weighted by Gasteiger charge is -2.32. The van der Waals surface area contributed by atoms with E-state index in [0.29, 0.717) is 11.3 Å². The Morgan fingerprint density at radius 2 is 1.63 bits per heavy atom. The van der Waals surface area contributed by atoms with Gasteiger partial charge >= 0.3 is 0 Å². The van der Waals surface area contributed by atoms with Crippen molar-refractivity contribution in [1.29, 1.82) is 0 Å². The molecule has 0 fully saturated rings. The lowest BCUT2D eigenvalue weighted by Crippen LogP contribution is -2.43. The predicted octanol–water partition coefficient (Wildman–Crippen LogP) is 4.36. The van der Waals surface area contributed by atoms with Gasteiger partial charge in [-0.25, -0.2) is 8.42 Å². The third-order valence-electron chi connectivity index (χ3n) is 5.47. The number of benzene rings is 3. The van der Waals surface area contributed by atoms with E-state index in [2.05, 4.69) is 11.4 Å². The normalized spacial score (nSPS) is 15.1. The summed E-state index contributed by atoms with van der Waals surface area (Å²) >= 11 is 0. The van der Waals surface area contributed by atoms with Crippen molar-refractivity contribution >= 4 is 21.6 Å². The van der Waals surface area contributed by atoms with Gasteiger partial charge in [0.25, 0.3) is 10.0 Å². The Morgan fingerprint density at radius 3 is 2.37 bits per heavy atom. The maximum Gasteiger partial charge on any atom is 0.265 e. The fourth-order valence-electron chi connectivity index (χ4n) is 4.06. The maximum absolute atomic E-state index is 13.3. The average Bonchev–Trinajstić information content (AvgIpc) is 2.71. The zero-order valence-electron chi connectivity index (χ0n) is 17.2. The van der Waals surface area contributed by atoms with Crippen LogP contribution in [0.5, 0.6) is 0 Å². The molecule has 5 nitrogen and oxygen atoms in total. The van der Waals surface area contributed by atoms with Crippen LogP contribution in [0.25, 0.3) is 11.1 Å². The first kappa shape index (κ1) is 20.2. The molecule has 0 bridgehead atoms. The summed E-state index contributed by atoms with van der Waals surface area (Å²) < 4.78 is 27.8. The van der Waals surface area contributed by atoms with Crippen LogP contribution in [0.3, 0.4) is 0 Å². The number of nitrogens with zero attached hydrogens (tertiary/aromatic N) is 1. The van der Waals surface area contributed by atoms with Gasteiger partial charge in [-0.3, -0.25) is 9.10 Å². The Labute approximate surface area is 177 Å². The number of carbonyl (C=O) groups excluding carboxylic acids is 1. The molecular formula is C24H24N2O3S. The molecule has 3 aromatic carbocycles. The van der Waals surface area contributed by atoms with E-state index in [1.807, 2.05) is 51.1 Å². The highest BCUT2D eigenvalue weighted by molar-refractivity contribution is 7.93. The highest BCUT2D eigenvalue weighted by Crippen LogP contribution is 2.42. The summed E-state index contributed by atoms with van der Waals surface area (Å²) in [6.45, 7) is 5.66. The number of hydrogen-bond acceptors (Lipinski definition) is 3. The minimum absolute atomic E-state index is 0.221. The van der Waals surface area contributed by atoms with Crippen molar-refractivity contribution in [2.24, 2.45) is 0 Å². The van der Waals surface area contributed by atoms with Gasteiger partial charge in [0.15, 0.2) is 0 Å². The summed E-state index contributed by atoms with van der Waals surface area (Å²) in [5.41, 5.74) is 5.25. The van der Waals surface area contributed by atoms with Gasteiger partial charge in [0.05, 0.1) is 16.6 Å². The molecule has 0 saturated heterocycles. The van der Waals surface area contributed by atoms with Crippen molar-refractivity contribution in [3.8, 4) is 11.1 Å². The van der Waals surface area contributed by atoms with Crippen molar-refractivity contribution in [3.05, 3.63) is 83.4 Å². The van der Waals surface area contributed by atoms with E-state index in [0.717, 1.165) is 22.3 Å². The van der Waals surface area contributed by atoms with E-state index in [1.165, 1.54) is 4.31 Å². The van der Waals surface area contributed by atoms with Crippen molar-refractivity contribution < 1.29 is 13.2 Å². The van der Waals surface area contributed by atoms with Crippen LogP contribution in [0.4, 0.5) is 5.69 Å². The molecule has 154 valence electrons. The Kier molecular flexibility index (Phi) is 5.12. The molecule has 1 aliphatic rings. The van der Waals surface area contributed by atoms with Crippen LogP contribution >= 0.6 is 0 Å². The van der Waals surface area contributed by atoms with Crippen molar-refractivity contribution in [2.75, 3.05) is 10.8 Å². The van der Waals surface area contributed by atoms with Gasteiger partial charge in [-0.1, -0.05) is 60.2 Å². The number of anilines is 1. The number of fused-ring (bicyclic) bond motifs is 3. The van der Waals surface area contributed by atoms with Crippen LogP contribution in [0, 0.1) is 13.8 Å². The van der Waals surface area contributed by atoms with E-state index in [-0.39, 0.29) is 23.4 Å². The highest BCUT2D eigenvalue weighted by Gasteiger charge is 2.35. The number of aryl methyl sites for hydroxylation is 2. The number of sulfonamides is 1. The largest absolute Gasteiger partial charge is 0.348 e. The van der Waals surface area contributed by atoms with E-state index in [1.54, 1.807) is 30.3 Å². The topological polar surface area (TPSA) is 66.5 Å². The summed E-state index contributed by atoms with van der Waals surface area (Å²) in [7, 11) is -3.83. The van der Waals surface area contributed by atoms with E-state index < -0.39 is 10.0 Å². The lowest BCUT2D eigenvalue weighted by atomic mass is 10.0. The SMILES string of the molecule is Cc1ccc([C@H](C)NC(=O)CN2c3ccccc3-c3ccccc3S2(=O)=O)c(C)c1. The Morgan fingerprint density at radius 1 is 0.967 bits per heavy atom. The Bertz CT molecular complexity index is 1230. The molecule has 1 amide bonds. The van der Waals surface area contributed by atoms with Crippen LogP contribution in [-0.2, 0) is 14.8 Å². The molecule has 30 heavy (non-hydrogen) atoms. The first-order chi connectivity index (χ1) is 14.3. The van der Waals surface area contributed by atoms with Crippen LogP contribution in [0.1, 0.15) is 29.7 Å². The van der Waals surface area contributed by atoms with Crippen molar-refractivity contribution in [2.45, 2.75) is 31.7 Å². The summed E-state index contributed by atoms with van der Waals surface area (Å²) in [4.78, 5) is 13.1. The summed E-state index contributed by atoms with van der Waals surface area (Å²) in [5, 5.41) is 2.95. The molecular weight excluding hydrogens is 396 g/mol. The van der Waals surface area contributed by atoms with Crippen LogP contribution in [-0.4, -0.2) is 20.9 Å². The second kappa shape index (κ2) is 7.61. The van der Waals surface area contributed by atoms with Gasteiger partial charge in [0.2, 0.25) is 5.91 Å². The Hall–Kier alpha value is -3.12. The van der Waals surface area contributed by atoms with Gasteiger partial charge in [-0.05, 0) is 44.0 Å². The molecule has 0 unspecified atom stereocenters. The number of carbonyl (C=O) groups is 1. The number of rotatable bonds is 4. The average molecular weight is 421 g/mol. The van der Waals surface area contributed by atoms with Gasteiger partial charge < -0.3 is 5.32 Å². The second-order valence-electron chi connectivity index (χ2n) is 7.67. The molecule has 0 aliphatic carbocycles. The first-order valence-corrected chi connectivity index (χ1v) is 11.3. The third kappa shape index (κ3) is 3.48. The summed E-state index contributed by atoms with van der Waals surface area (Å²) in [6, 6.07) is 20.0. The molecule has 1 atom stereocenters. The minimum atomic E-state index is -3.83. The highest BCUT2D eigenvalue weighted by atomic mass is 32.2. The van der Waals surface area contributed by atoms with Crippen molar-refractivity contribution in [3.63, 3.8) is 0 Å². The molecule has 0 radical (unpaired) electrons. The van der Waals surface area contributed by atoms with Crippen LogP contribution < -0.4 is 9.62 Å². The quantitative estimate of drug-likeness (QED) is 0.682. The number of amides is 1. The fraction of sp³-hybridized carbons (Fsp3) is 0.208. The van der Waals surface area contributed by atoms with Crippen LogP contribution in [0.2, 0.25) is 0 Å². The van der Waals surface area contributed by atoms with Gasteiger partial charge in [-0.2, -0.15) is 0 Å². The van der Waals surface area contributed by atoms with Crippen molar-refractivity contribution in [1.82, 2.24) is 5.32 Å². The van der Waals surface area contributed by atoms with Gasteiger partial charge in [0.1, 0.15) is 6.54 Å². The van der Waals surface area contributed by atoms with E-state index >= 15 is 0 Å². The predicted molar refractivity (Wildman–Crippen MR) is 119 cm³/mol.